The van der Waals surface area contributed by atoms with Gasteiger partial charge in [0.15, 0.2) is 6.10 Å². The number of amides is 1. The van der Waals surface area contributed by atoms with Crippen LogP contribution in [0.4, 0.5) is 10.1 Å². The van der Waals surface area contributed by atoms with E-state index in [9.17, 15) is 9.18 Å². The molecule has 23 heavy (non-hydrogen) atoms. The maximum absolute atomic E-state index is 12.9. The van der Waals surface area contributed by atoms with Gasteiger partial charge in [0.25, 0.3) is 5.91 Å². The minimum absolute atomic E-state index is 0.287. The van der Waals surface area contributed by atoms with Crippen LogP contribution in [0.5, 0.6) is 5.75 Å². The lowest BCUT2D eigenvalue weighted by molar-refractivity contribution is -0.122. The number of fused-ring (bicyclic) bond motifs is 1. The van der Waals surface area contributed by atoms with E-state index >= 15 is 0 Å². The molecule has 1 atom stereocenters. The molecule has 0 aliphatic heterocycles. The fourth-order valence-electron chi connectivity index (χ4n) is 2.28. The summed E-state index contributed by atoms with van der Waals surface area (Å²) in [4.78, 5) is 12.1. The number of ether oxygens (including phenoxy) is 1. The van der Waals surface area contributed by atoms with Crippen molar-refractivity contribution in [1.82, 2.24) is 0 Å². The third-order valence-corrected chi connectivity index (χ3v) is 3.51. The standard InChI is InChI=1S/C19H16FNO2/c1-13(19(22)21-17-9-7-16(20)8-10-17)23-18-11-6-14-4-2-3-5-15(14)12-18/h2-13H,1H3,(H,21,22). The molecule has 0 saturated heterocycles. The summed E-state index contributed by atoms with van der Waals surface area (Å²) in [5.74, 6) is -0.00122. The SMILES string of the molecule is CC(Oc1ccc2ccccc2c1)C(=O)Nc1ccc(F)cc1. The van der Waals surface area contributed by atoms with Crippen molar-refractivity contribution < 1.29 is 13.9 Å². The summed E-state index contributed by atoms with van der Waals surface area (Å²) in [6, 6.07) is 19.2. The van der Waals surface area contributed by atoms with E-state index in [1.165, 1.54) is 24.3 Å². The molecule has 0 heterocycles. The van der Waals surface area contributed by atoms with Gasteiger partial charge in [-0.3, -0.25) is 4.79 Å². The molecule has 3 rings (SSSR count). The van der Waals surface area contributed by atoms with Crippen molar-refractivity contribution in [2.24, 2.45) is 0 Å². The summed E-state index contributed by atoms with van der Waals surface area (Å²) in [7, 11) is 0. The monoisotopic (exact) mass is 309 g/mol. The molecular weight excluding hydrogens is 293 g/mol. The molecule has 0 spiro atoms. The second-order valence-electron chi connectivity index (χ2n) is 5.27. The van der Waals surface area contributed by atoms with E-state index < -0.39 is 6.10 Å². The topological polar surface area (TPSA) is 38.3 Å². The highest BCUT2D eigenvalue weighted by atomic mass is 19.1. The predicted molar refractivity (Wildman–Crippen MR) is 89.1 cm³/mol. The van der Waals surface area contributed by atoms with Crippen LogP contribution in [0, 0.1) is 5.82 Å². The fourth-order valence-corrected chi connectivity index (χ4v) is 2.28. The summed E-state index contributed by atoms with van der Waals surface area (Å²) >= 11 is 0. The minimum Gasteiger partial charge on any atom is -0.481 e. The van der Waals surface area contributed by atoms with Crippen LogP contribution in [0.15, 0.2) is 66.7 Å². The van der Waals surface area contributed by atoms with Crippen molar-refractivity contribution in [3.8, 4) is 5.75 Å². The predicted octanol–water partition coefficient (Wildman–Crippen LogP) is 4.38. The Morgan fingerprint density at radius 1 is 1.00 bits per heavy atom. The van der Waals surface area contributed by atoms with Crippen molar-refractivity contribution in [2.75, 3.05) is 5.32 Å². The van der Waals surface area contributed by atoms with Crippen LogP contribution in [-0.4, -0.2) is 12.0 Å². The van der Waals surface area contributed by atoms with Crippen molar-refractivity contribution in [3.05, 3.63) is 72.5 Å². The van der Waals surface area contributed by atoms with Crippen LogP contribution in [0.2, 0.25) is 0 Å². The van der Waals surface area contributed by atoms with Crippen LogP contribution in [0.25, 0.3) is 10.8 Å². The maximum atomic E-state index is 12.9. The van der Waals surface area contributed by atoms with Crippen LogP contribution in [0.3, 0.4) is 0 Å². The zero-order chi connectivity index (χ0) is 16.2. The van der Waals surface area contributed by atoms with Gasteiger partial charge in [0.2, 0.25) is 0 Å². The first-order chi connectivity index (χ1) is 11.1. The Kier molecular flexibility index (Phi) is 4.24. The zero-order valence-corrected chi connectivity index (χ0v) is 12.6. The van der Waals surface area contributed by atoms with Gasteiger partial charge in [-0.25, -0.2) is 4.39 Å². The molecule has 1 amide bonds. The van der Waals surface area contributed by atoms with Crippen LogP contribution in [0.1, 0.15) is 6.92 Å². The van der Waals surface area contributed by atoms with E-state index in [0.29, 0.717) is 11.4 Å². The average Bonchev–Trinajstić information content (AvgIpc) is 2.56. The summed E-state index contributed by atoms with van der Waals surface area (Å²) in [5, 5.41) is 4.86. The summed E-state index contributed by atoms with van der Waals surface area (Å²) < 4.78 is 18.6. The van der Waals surface area contributed by atoms with Crippen molar-refractivity contribution in [3.63, 3.8) is 0 Å². The van der Waals surface area contributed by atoms with Gasteiger partial charge in [-0.2, -0.15) is 0 Å². The van der Waals surface area contributed by atoms with Gasteiger partial charge >= 0.3 is 0 Å². The lowest BCUT2D eigenvalue weighted by atomic mass is 10.1. The van der Waals surface area contributed by atoms with Gasteiger partial charge in [0, 0.05) is 5.69 Å². The molecule has 0 fully saturated rings. The van der Waals surface area contributed by atoms with Gasteiger partial charge in [-0.15, -0.1) is 0 Å². The van der Waals surface area contributed by atoms with Crippen LogP contribution in [-0.2, 0) is 4.79 Å². The average molecular weight is 309 g/mol. The summed E-state index contributed by atoms with van der Waals surface area (Å²) in [6.45, 7) is 1.67. The number of rotatable bonds is 4. The van der Waals surface area contributed by atoms with Crippen LogP contribution >= 0.6 is 0 Å². The zero-order valence-electron chi connectivity index (χ0n) is 12.6. The van der Waals surface area contributed by atoms with E-state index in [-0.39, 0.29) is 11.7 Å². The minimum atomic E-state index is -0.666. The first-order valence-corrected chi connectivity index (χ1v) is 7.34. The Morgan fingerprint density at radius 2 is 1.70 bits per heavy atom. The molecule has 116 valence electrons. The number of carbonyl (C=O) groups is 1. The van der Waals surface area contributed by atoms with Crippen molar-refractivity contribution in [2.45, 2.75) is 13.0 Å². The number of carbonyl (C=O) groups excluding carboxylic acids is 1. The second-order valence-corrected chi connectivity index (χ2v) is 5.27. The number of hydrogen-bond acceptors (Lipinski definition) is 2. The lowest BCUT2D eigenvalue weighted by Gasteiger charge is -2.15. The molecule has 0 aromatic heterocycles. The normalized spacial score (nSPS) is 11.9. The molecule has 0 aliphatic rings. The smallest absolute Gasteiger partial charge is 0.265 e. The van der Waals surface area contributed by atoms with Gasteiger partial charge in [-0.1, -0.05) is 30.3 Å². The molecule has 1 unspecified atom stereocenters. The van der Waals surface area contributed by atoms with Gasteiger partial charge in [0.05, 0.1) is 0 Å². The lowest BCUT2D eigenvalue weighted by Crippen LogP contribution is -2.30. The summed E-state index contributed by atoms with van der Waals surface area (Å²) in [5.41, 5.74) is 0.533. The highest BCUT2D eigenvalue weighted by Crippen LogP contribution is 2.21. The molecule has 3 aromatic carbocycles. The van der Waals surface area contributed by atoms with E-state index in [1.807, 2.05) is 42.5 Å². The highest BCUT2D eigenvalue weighted by Gasteiger charge is 2.15. The van der Waals surface area contributed by atoms with E-state index in [2.05, 4.69) is 5.32 Å². The van der Waals surface area contributed by atoms with E-state index in [1.54, 1.807) is 6.92 Å². The molecule has 0 radical (unpaired) electrons. The van der Waals surface area contributed by atoms with Crippen LogP contribution < -0.4 is 10.1 Å². The quantitative estimate of drug-likeness (QED) is 0.776. The largest absolute Gasteiger partial charge is 0.481 e. The molecule has 4 heteroatoms. The fraction of sp³-hybridized carbons (Fsp3) is 0.105. The van der Waals surface area contributed by atoms with Crippen molar-refractivity contribution >= 4 is 22.4 Å². The molecule has 0 saturated carbocycles. The second kappa shape index (κ2) is 6.48. The summed E-state index contributed by atoms with van der Waals surface area (Å²) in [6.07, 6.45) is -0.666. The molecule has 3 aromatic rings. The Bertz CT molecular complexity index is 830. The van der Waals surface area contributed by atoms with Gasteiger partial charge in [0.1, 0.15) is 11.6 Å². The molecule has 3 nitrogen and oxygen atoms in total. The number of benzene rings is 3. The molecule has 0 bridgehead atoms. The number of anilines is 1. The Balaban J connectivity index is 1.68. The van der Waals surface area contributed by atoms with Gasteiger partial charge < -0.3 is 10.1 Å². The third-order valence-electron chi connectivity index (χ3n) is 3.51. The number of hydrogen-bond donors (Lipinski definition) is 1. The van der Waals surface area contributed by atoms with Crippen molar-refractivity contribution in [1.29, 1.82) is 0 Å². The van der Waals surface area contributed by atoms with Gasteiger partial charge in [-0.05, 0) is 54.1 Å². The molecule has 1 N–H and O–H groups in total. The Morgan fingerprint density at radius 3 is 2.43 bits per heavy atom. The van der Waals surface area contributed by atoms with E-state index in [4.69, 9.17) is 4.74 Å². The number of halogens is 1. The maximum Gasteiger partial charge on any atom is 0.265 e. The third kappa shape index (κ3) is 3.66. The molecule has 0 aliphatic carbocycles. The Hall–Kier alpha value is -2.88. The van der Waals surface area contributed by atoms with E-state index in [0.717, 1.165) is 10.8 Å². The first kappa shape index (κ1) is 15.0. The molecular formula is C19H16FNO2. The Labute approximate surface area is 133 Å². The first-order valence-electron chi connectivity index (χ1n) is 7.34. The number of nitrogens with one attached hydrogen (secondary N) is 1. The highest BCUT2D eigenvalue weighted by molar-refractivity contribution is 5.94.